The standard InChI is InChI=1S/C14H29NO/c1-4-9-15-12-14(6-5-7-14)8-10-16-11-13(2)3/h13,15H,4-12H2,1-3H3. The van der Waals surface area contributed by atoms with E-state index < -0.39 is 0 Å². The van der Waals surface area contributed by atoms with Crippen LogP contribution in [-0.4, -0.2) is 26.3 Å². The molecular formula is C14H29NO. The molecule has 1 saturated carbocycles. The largest absolute Gasteiger partial charge is 0.381 e. The molecule has 0 heterocycles. The van der Waals surface area contributed by atoms with Crippen LogP contribution in [0.3, 0.4) is 0 Å². The average molecular weight is 227 g/mol. The summed E-state index contributed by atoms with van der Waals surface area (Å²) in [5.41, 5.74) is 0.576. The van der Waals surface area contributed by atoms with Crippen LogP contribution in [-0.2, 0) is 4.74 Å². The molecule has 1 aliphatic carbocycles. The number of ether oxygens (including phenoxy) is 1. The van der Waals surface area contributed by atoms with E-state index >= 15 is 0 Å². The van der Waals surface area contributed by atoms with Gasteiger partial charge in [-0.15, -0.1) is 0 Å². The molecule has 1 rings (SSSR count). The van der Waals surface area contributed by atoms with Crippen molar-refractivity contribution in [3.05, 3.63) is 0 Å². The molecule has 1 aliphatic rings. The topological polar surface area (TPSA) is 21.3 Å². The fourth-order valence-electron chi connectivity index (χ4n) is 2.33. The van der Waals surface area contributed by atoms with Crippen molar-refractivity contribution in [1.82, 2.24) is 5.32 Å². The molecule has 0 aliphatic heterocycles. The molecule has 0 radical (unpaired) electrons. The third-order valence-electron chi connectivity index (χ3n) is 3.57. The summed E-state index contributed by atoms with van der Waals surface area (Å²) in [5, 5.41) is 3.57. The summed E-state index contributed by atoms with van der Waals surface area (Å²) in [6, 6.07) is 0. The van der Waals surface area contributed by atoms with Crippen molar-refractivity contribution in [2.75, 3.05) is 26.3 Å². The summed E-state index contributed by atoms with van der Waals surface area (Å²) in [4.78, 5) is 0. The first kappa shape index (κ1) is 14.0. The third kappa shape index (κ3) is 4.84. The molecule has 1 N–H and O–H groups in total. The first-order valence-corrected chi connectivity index (χ1v) is 6.97. The second-order valence-electron chi connectivity index (χ2n) is 5.75. The minimum Gasteiger partial charge on any atom is -0.381 e. The molecule has 2 heteroatoms. The SMILES string of the molecule is CCCNCC1(CCOCC(C)C)CCC1. The van der Waals surface area contributed by atoms with Gasteiger partial charge in [0, 0.05) is 19.8 Å². The van der Waals surface area contributed by atoms with Crippen LogP contribution in [0.5, 0.6) is 0 Å². The summed E-state index contributed by atoms with van der Waals surface area (Å²) in [6.07, 6.45) is 6.69. The Morgan fingerprint density at radius 2 is 2.06 bits per heavy atom. The van der Waals surface area contributed by atoms with E-state index in [1.165, 1.54) is 38.6 Å². The molecule has 2 nitrogen and oxygen atoms in total. The lowest BCUT2D eigenvalue weighted by atomic mass is 9.67. The fraction of sp³-hybridized carbons (Fsp3) is 1.00. The van der Waals surface area contributed by atoms with E-state index in [2.05, 4.69) is 26.1 Å². The van der Waals surface area contributed by atoms with Crippen LogP contribution in [0.2, 0.25) is 0 Å². The highest BCUT2D eigenvalue weighted by molar-refractivity contribution is 4.89. The van der Waals surface area contributed by atoms with E-state index in [0.29, 0.717) is 11.3 Å². The summed E-state index contributed by atoms with van der Waals surface area (Å²) >= 11 is 0. The molecule has 0 spiro atoms. The fourth-order valence-corrected chi connectivity index (χ4v) is 2.33. The monoisotopic (exact) mass is 227 g/mol. The van der Waals surface area contributed by atoms with Crippen molar-refractivity contribution in [1.29, 1.82) is 0 Å². The quantitative estimate of drug-likeness (QED) is 0.611. The van der Waals surface area contributed by atoms with E-state index in [0.717, 1.165) is 19.8 Å². The molecule has 0 aromatic carbocycles. The van der Waals surface area contributed by atoms with E-state index in [1.54, 1.807) is 0 Å². The van der Waals surface area contributed by atoms with Crippen LogP contribution in [0.1, 0.15) is 52.9 Å². The van der Waals surface area contributed by atoms with E-state index in [9.17, 15) is 0 Å². The second kappa shape index (κ2) is 7.29. The van der Waals surface area contributed by atoms with Crippen molar-refractivity contribution in [3.63, 3.8) is 0 Å². The van der Waals surface area contributed by atoms with Crippen molar-refractivity contribution >= 4 is 0 Å². The first-order chi connectivity index (χ1) is 7.68. The lowest BCUT2D eigenvalue weighted by Crippen LogP contribution is -2.41. The van der Waals surface area contributed by atoms with Gasteiger partial charge in [-0.1, -0.05) is 27.2 Å². The Hall–Kier alpha value is -0.0800. The Kier molecular flexibility index (Phi) is 6.37. The predicted molar refractivity (Wildman–Crippen MR) is 69.7 cm³/mol. The highest BCUT2D eigenvalue weighted by Gasteiger charge is 2.35. The Labute approximate surface area is 101 Å². The van der Waals surface area contributed by atoms with Gasteiger partial charge in [0.25, 0.3) is 0 Å². The average Bonchev–Trinajstić information content (AvgIpc) is 2.19. The Bertz CT molecular complexity index is 176. The highest BCUT2D eigenvalue weighted by Crippen LogP contribution is 2.43. The Morgan fingerprint density at radius 3 is 2.56 bits per heavy atom. The van der Waals surface area contributed by atoms with Crippen molar-refractivity contribution in [2.45, 2.75) is 52.9 Å². The summed E-state index contributed by atoms with van der Waals surface area (Å²) in [7, 11) is 0. The van der Waals surface area contributed by atoms with Gasteiger partial charge < -0.3 is 10.1 Å². The molecule has 0 bridgehead atoms. The van der Waals surface area contributed by atoms with E-state index in [4.69, 9.17) is 4.74 Å². The van der Waals surface area contributed by atoms with Gasteiger partial charge in [0.1, 0.15) is 0 Å². The zero-order valence-electron chi connectivity index (χ0n) is 11.3. The van der Waals surface area contributed by atoms with Gasteiger partial charge in [-0.25, -0.2) is 0 Å². The minimum atomic E-state index is 0.576. The zero-order valence-corrected chi connectivity index (χ0v) is 11.3. The zero-order chi connectivity index (χ0) is 11.9. The normalized spacial score (nSPS) is 18.8. The number of rotatable bonds is 9. The van der Waals surface area contributed by atoms with E-state index in [-0.39, 0.29) is 0 Å². The maximum Gasteiger partial charge on any atom is 0.0488 e. The molecule has 96 valence electrons. The molecule has 0 atom stereocenters. The first-order valence-electron chi connectivity index (χ1n) is 6.97. The maximum atomic E-state index is 5.71. The molecule has 16 heavy (non-hydrogen) atoms. The van der Waals surface area contributed by atoms with Crippen LogP contribution in [0.4, 0.5) is 0 Å². The van der Waals surface area contributed by atoms with Gasteiger partial charge in [0.15, 0.2) is 0 Å². The van der Waals surface area contributed by atoms with Crippen LogP contribution >= 0.6 is 0 Å². The lowest BCUT2D eigenvalue weighted by Gasteiger charge is -2.42. The molecule has 0 aromatic rings. The summed E-state index contributed by atoms with van der Waals surface area (Å²) < 4.78 is 5.71. The van der Waals surface area contributed by atoms with Crippen molar-refractivity contribution < 1.29 is 4.74 Å². The highest BCUT2D eigenvalue weighted by atomic mass is 16.5. The molecule has 0 amide bonds. The van der Waals surface area contributed by atoms with Gasteiger partial charge in [0.05, 0.1) is 0 Å². The van der Waals surface area contributed by atoms with Crippen molar-refractivity contribution in [2.24, 2.45) is 11.3 Å². The number of nitrogens with one attached hydrogen (secondary N) is 1. The van der Waals surface area contributed by atoms with Gasteiger partial charge >= 0.3 is 0 Å². The van der Waals surface area contributed by atoms with Crippen molar-refractivity contribution in [3.8, 4) is 0 Å². The van der Waals surface area contributed by atoms with E-state index in [1.807, 2.05) is 0 Å². The van der Waals surface area contributed by atoms with Gasteiger partial charge in [0.2, 0.25) is 0 Å². The summed E-state index contributed by atoms with van der Waals surface area (Å²) in [5.74, 6) is 0.663. The number of hydrogen-bond acceptors (Lipinski definition) is 2. The molecular weight excluding hydrogens is 198 g/mol. The Morgan fingerprint density at radius 1 is 1.31 bits per heavy atom. The molecule has 0 aromatic heterocycles. The lowest BCUT2D eigenvalue weighted by molar-refractivity contribution is 0.0404. The minimum absolute atomic E-state index is 0.576. The van der Waals surface area contributed by atoms with Crippen LogP contribution in [0.15, 0.2) is 0 Å². The van der Waals surface area contributed by atoms with Crippen LogP contribution < -0.4 is 5.32 Å². The van der Waals surface area contributed by atoms with Crippen LogP contribution in [0.25, 0.3) is 0 Å². The number of hydrogen-bond donors (Lipinski definition) is 1. The predicted octanol–water partition coefficient (Wildman–Crippen LogP) is 3.22. The molecule has 0 unspecified atom stereocenters. The van der Waals surface area contributed by atoms with Crippen LogP contribution in [0, 0.1) is 11.3 Å². The smallest absolute Gasteiger partial charge is 0.0488 e. The van der Waals surface area contributed by atoms with Gasteiger partial charge in [-0.3, -0.25) is 0 Å². The summed E-state index contributed by atoms with van der Waals surface area (Å²) in [6.45, 7) is 10.9. The molecule has 0 saturated heterocycles. The molecule has 1 fully saturated rings. The third-order valence-corrected chi connectivity index (χ3v) is 3.57. The second-order valence-corrected chi connectivity index (χ2v) is 5.75. The Balaban J connectivity index is 2.10. The van der Waals surface area contributed by atoms with Gasteiger partial charge in [-0.2, -0.15) is 0 Å². The maximum absolute atomic E-state index is 5.71. The van der Waals surface area contributed by atoms with Gasteiger partial charge in [-0.05, 0) is 43.6 Å².